The van der Waals surface area contributed by atoms with Gasteiger partial charge in [0.15, 0.2) is 0 Å². The highest BCUT2D eigenvalue weighted by atomic mass is 19.1. The van der Waals surface area contributed by atoms with Crippen molar-refractivity contribution in [2.45, 2.75) is 13.0 Å². The molecule has 5 nitrogen and oxygen atoms in total. The highest BCUT2D eigenvalue weighted by Gasteiger charge is 2.26. The number of aromatic nitrogens is 1. The van der Waals surface area contributed by atoms with Crippen LogP contribution in [0.2, 0.25) is 0 Å². The molecule has 2 amide bonds. The van der Waals surface area contributed by atoms with Gasteiger partial charge in [-0.3, -0.25) is 9.59 Å². The van der Waals surface area contributed by atoms with Gasteiger partial charge >= 0.3 is 0 Å². The second-order valence-electron chi connectivity index (χ2n) is 6.52. The number of benzene rings is 2. The van der Waals surface area contributed by atoms with E-state index in [9.17, 15) is 14.0 Å². The van der Waals surface area contributed by atoms with Gasteiger partial charge in [0.05, 0.1) is 0 Å². The van der Waals surface area contributed by atoms with E-state index in [0.717, 1.165) is 17.7 Å². The van der Waals surface area contributed by atoms with Gasteiger partial charge in [-0.1, -0.05) is 42.5 Å². The normalized spacial score (nSPS) is 12.5. The number of halogens is 1. The van der Waals surface area contributed by atoms with E-state index >= 15 is 0 Å². The second kappa shape index (κ2) is 7.60. The first-order valence-corrected chi connectivity index (χ1v) is 9.02. The molecule has 0 bridgehead atoms. The number of amides is 2. The van der Waals surface area contributed by atoms with E-state index in [1.807, 2.05) is 24.3 Å². The van der Waals surface area contributed by atoms with Crippen molar-refractivity contribution >= 4 is 17.5 Å². The fraction of sp³-hybridized carbons (Fsp3) is 0.136. The largest absolute Gasteiger partial charge is 0.347 e. The average molecular weight is 375 g/mol. The molecule has 0 atom stereocenters. The molecule has 0 radical (unpaired) electrons. The molecule has 1 aliphatic heterocycles. The van der Waals surface area contributed by atoms with E-state index in [1.165, 1.54) is 12.1 Å². The Balaban J connectivity index is 1.49. The first-order valence-electron chi connectivity index (χ1n) is 9.02. The smallest absolute Gasteiger partial charge is 0.276 e. The van der Waals surface area contributed by atoms with E-state index in [2.05, 4.69) is 10.3 Å². The molecular weight excluding hydrogens is 357 g/mol. The van der Waals surface area contributed by atoms with Crippen LogP contribution in [0.1, 0.15) is 32.1 Å². The molecule has 1 aliphatic rings. The van der Waals surface area contributed by atoms with Gasteiger partial charge in [-0.25, -0.2) is 9.37 Å². The van der Waals surface area contributed by atoms with E-state index in [-0.39, 0.29) is 29.7 Å². The molecule has 0 aliphatic carbocycles. The van der Waals surface area contributed by atoms with Gasteiger partial charge in [0.25, 0.3) is 11.8 Å². The summed E-state index contributed by atoms with van der Waals surface area (Å²) in [5, 5.41) is 2.64. The Bertz CT molecular complexity index is 1050. The summed E-state index contributed by atoms with van der Waals surface area (Å²) in [5.41, 5.74) is 2.71. The summed E-state index contributed by atoms with van der Waals surface area (Å²) in [4.78, 5) is 31.2. The Hall–Kier alpha value is -3.54. The van der Waals surface area contributed by atoms with E-state index in [4.69, 9.17) is 0 Å². The van der Waals surface area contributed by atoms with Crippen LogP contribution in [0, 0.1) is 5.82 Å². The summed E-state index contributed by atoms with van der Waals surface area (Å²) in [6, 6.07) is 18.7. The van der Waals surface area contributed by atoms with Crippen molar-refractivity contribution in [2.24, 2.45) is 0 Å². The van der Waals surface area contributed by atoms with Crippen LogP contribution in [0.5, 0.6) is 0 Å². The Morgan fingerprint density at radius 3 is 2.57 bits per heavy atom. The summed E-state index contributed by atoms with van der Waals surface area (Å²) >= 11 is 0. The van der Waals surface area contributed by atoms with Crippen molar-refractivity contribution < 1.29 is 14.0 Å². The summed E-state index contributed by atoms with van der Waals surface area (Å²) < 4.78 is 13.7. The zero-order chi connectivity index (χ0) is 19.5. The molecule has 0 saturated heterocycles. The standard InChI is InChI=1S/C22H18FN3O2/c23-17-8-3-1-7-16(17)14-24-21(27)18-9-5-10-19(25-18)22(28)26-13-12-15-6-2-4-11-20(15)26/h1-11H,12-14H2,(H,24,27). The number of nitrogens with zero attached hydrogens (tertiary/aromatic N) is 2. The van der Waals surface area contributed by atoms with Crippen molar-refractivity contribution in [1.29, 1.82) is 0 Å². The predicted molar refractivity (Wildman–Crippen MR) is 104 cm³/mol. The first kappa shape index (κ1) is 17.9. The predicted octanol–water partition coefficient (Wildman–Crippen LogP) is 3.35. The highest BCUT2D eigenvalue weighted by Crippen LogP contribution is 2.28. The number of hydrogen-bond acceptors (Lipinski definition) is 3. The number of rotatable bonds is 4. The summed E-state index contributed by atoms with van der Waals surface area (Å²) in [7, 11) is 0. The number of para-hydroxylation sites is 1. The third kappa shape index (κ3) is 3.49. The first-order chi connectivity index (χ1) is 13.6. The van der Waals surface area contributed by atoms with Gasteiger partial charge in [-0.05, 0) is 36.2 Å². The van der Waals surface area contributed by atoms with Gasteiger partial charge in [-0.2, -0.15) is 0 Å². The quantitative estimate of drug-likeness (QED) is 0.761. The number of hydrogen-bond donors (Lipinski definition) is 1. The van der Waals surface area contributed by atoms with Crippen LogP contribution in [-0.2, 0) is 13.0 Å². The average Bonchev–Trinajstić information content (AvgIpc) is 3.16. The molecule has 0 spiro atoms. The van der Waals surface area contributed by atoms with Crippen LogP contribution in [0.4, 0.5) is 10.1 Å². The minimum absolute atomic E-state index is 0.0465. The number of nitrogens with one attached hydrogen (secondary N) is 1. The minimum Gasteiger partial charge on any atom is -0.347 e. The van der Waals surface area contributed by atoms with Crippen molar-refractivity contribution in [2.75, 3.05) is 11.4 Å². The Morgan fingerprint density at radius 2 is 1.71 bits per heavy atom. The lowest BCUT2D eigenvalue weighted by molar-refractivity contribution is 0.0945. The molecule has 0 saturated carbocycles. The summed E-state index contributed by atoms with van der Waals surface area (Å²) in [5.74, 6) is -1.08. The van der Waals surface area contributed by atoms with Crippen LogP contribution in [0.15, 0.2) is 66.7 Å². The Kier molecular flexibility index (Phi) is 4.85. The molecule has 1 aromatic heterocycles. The molecule has 2 heterocycles. The van der Waals surface area contributed by atoms with E-state index in [1.54, 1.807) is 35.2 Å². The molecule has 0 fully saturated rings. The number of carbonyl (C=O) groups excluding carboxylic acids is 2. The van der Waals surface area contributed by atoms with Crippen LogP contribution in [0.25, 0.3) is 0 Å². The number of carbonyl (C=O) groups is 2. The van der Waals surface area contributed by atoms with Crippen molar-refractivity contribution in [3.05, 3.63) is 95.1 Å². The third-order valence-electron chi connectivity index (χ3n) is 4.73. The lowest BCUT2D eigenvalue weighted by atomic mass is 10.2. The molecule has 6 heteroatoms. The van der Waals surface area contributed by atoms with Crippen LogP contribution < -0.4 is 10.2 Å². The van der Waals surface area contributed by atoms with Gasteiger partial charge in [-0.15, -0.1) is 0 Å². The maximum absolute atomic E-state index is 13.7. The van der Waals surface area contributed by atoms with Crippen molar-refractivity contribution in [3.8, 4) is 0 Å². The summed E-state index contributed by atoms with van der Waals surface area (Å²) in [6.07, 6.45) is 0.796. The highest BCUT2D eigenvalue weighted by molar-refractivity contribution is 6.06. The van der Waals surface area contributed by atoms with E-state index < -0.39 is 5.91 Å². The monoisotopic (exact) mass is 375 g/mol. The number of pyridine rings is 1. The van der Waals surface area contributed by atoms with Gasteiger partial charge < -0.3 is 10.2 Å². The van der Waals surface area contributed by atoms with E-state index in [0.29, 0.717) is 12.1 Å². The maximum atomic E-state index is 13.7. The van der Waals surface area contributed by atoms with Crippen LogP contribution in [0.3, 0.4) is 0 Å². The minimum atomic E-state index is -0.459. The number of fused-ring (bicyclic) bond motifs is 1. The Morgan fingerprint density at radius 1 is 0.964 bits per heavy atom. The topological polar surface area (TPSA) is 62.3 Å². The third-order valence-corrected chi connectivity index (χ3v) is 4.73. The van der Waals surface area contributed by atoms with Gasteiger partial charge in [0, 0.05) is 24.3 Å². The summed E-state index contributed by atoms with van der Waals surface area (Å²) in [6.45, 7) is 0.633. The van der Waals surface area contributed by atoms with Crippen LogP contribution >= 0.6 is 0 Å². The zero-order valence-corrected chi connectivity index (χ0v) is 15.1. The van der Waals surface area contributed by atoms with Crippen molar-refractivity contribution in [3.63, 3.8) is 0 Å². The van der Waals surface area contributed by atoms with Gasteiger partial charge in [0.1, 0.15) is 17.2 Å². The molecular formula is C22H18FN3O2. The van der Waals surface area contributed by atoms with Crippen LogP contribution in [-0.4, -0.2) is 23.3 Å². The molecule has 4 rings (SSSR count). The molecule has 3 aromatic rings. The maximum Gasteiger partial charge on any atom is 0.276 e. The lowest BCUT2D eigenvalue weighted by Gasteiger charge is -2.17. The Labute approximate surface area is 161 Å². The molecule has 1 N–H and O–H groups in total. The molecule has 2 aromatic carbocycles. The fourth-order valence-electron chi connectivity index (χ4n) is 3.28. The van der Waals surface area contributed by atoms with Gasteiger partial charge in [0.2, 0.25) is 0 Å². The zero-order valence-electron chi connectivity index (χ0n) is 15.1. The molecule has 0 unspecified atom stereocenters. The fourth-order valence-corrected chi connectivity index (χ4v) is 3.28. The SMILES string of the molecule is O=C(NCc1ccccc1F)c1cccc(C(=O)N2CCc3ccccc32)n1. The second-order valence-corrected chi connectivity index (χ2v) is 6.52. The van der Waals surface area contributed by atoms with Crippen molar-refractivity contribution in [1.82, 2.24) is 10.3 Å². The number of anilines is 1. The molecule has 28 heavy (non-hydrogen) atoms. The molecule has 140 valence electrons. The lowest BCUT2D eigenvalue weighted by Crippen LogP contribution is -2.31.